The summed E-state index contributed by atoms with van der Waals surface area (Å²) in [4.78, 5) is 11.8. The summed E-state index contributed by atoms with van der Waals surface area (Å²) in [5.74, 6) is -0.0325. The average Bonchev–Trinajstić information content (AvgIpc) is 2.43. The van der Waals surface area contributed by atoms with Crippen molar-refractivity contribution in [2.45, 2.75) is 19.3 Å². The molecular weight excluding hydrogens is 272 g/mol. The number of hydrogen-bond donors (Lipinski definition) is 2. The van der Waals surface area contributed by atoms with Crippen molar-refractivity contribution in [3.05, 3.63) is 59.1 Å². The van der Waals surface area contributed by atoms with Crippen LogP contribution >= 0.6 is 11.6 Å². The monoisotopic (exact) mass is 288 g/mol. The molecule has 0 unspecified atom stereocenters. The Bertz CT molecular complexity index is 584. The maximum atomic E-state index is 11.8. The lowest BCUT2D eigenvalue weighted by Gasteiger charge is -2.08. The second-order valence-corrected chi connectivity index (χ2v) is 5.06. The molecule has 0 heterocycles. The Hall–Kier alpha value is -2.00. The molecule has 2 aromatic carbocycles. The summed E-state index contributed by atoms with van der Waals surface area (Å²) in [6, 6.07) is 15.2. The van der Waals surface area contributed by atoms with E-state index < -0.39 is 0 Å². The summed E-state index contributed by atoms with van der Waals surface area (Å²) < 4.78 is 0. The predicted molar refractivity (Wildman–Crippen MR) is 83.9 cm³/mol. The first kappa shape index (κ1) is 14.4. The van der Waals surface area contributed by atoms with Crippen LogP contribution in [0.4, 0.5) is 11.4 Å². The highest BCUT2D eigenvalue weighted by molar-refractivity contribution is 6.31. The molecule has 0 aliphatic rings. The van der Waals surface area contributed by atoms with E-state index in [4.69, 9.17) is 17.3 Å². The van der Waals surface area contributed by atoms with E-state index in [9.17, 15) is 4.79 Å². The Morgan fingerprint density at radius 1 is 1.15 bits per heavy atom. The van der Waals surface area contributed by atoms with Gasteiger partial charge in [-0.25, -0.2) is 0 Å². The second kappa shape index (κ2) is 6.96. The molecule has 0 spiro atoms. The zero-order chi connectivity index (χ0) is 14.4. The molecule has 2 aromatic rings. The molecule has 0 fully saturated rings. The first-order chi connectivity index (χ1) is 9.65. The van der Waals surface area contributed by atoms with Gasteiger partial charge in [0.2, 0.25) is 5.91 Å². The summed E-state index contributed by atoms with van der Waals surface area (Å²) in [5.41, 5.74) is 8.12. The Kier molecular flexibility index (Phi) is 5.02. The van der Waals surface area contributed by atoms with Gasteiger partial charge in [-0.15, -0.1) is 0 Å². The lowest BCUT2D eigenvalue weighted by molar-refractivity contribution is -0.116. The molecule has 0 saturated carbocycles. The zero-order valence-electron chi connectivity index (χ0n) is 11.1. The molecule has 3 N–H and O–H groups in total. The van der Waals surface area contributed by atoms with Crippen LogP contribution in [-0.4, -0.2) is 5.91 Å². The molecule has 3 nitrogen and oxygen atoms in total. The molecule has 0 radical (unpaired) electrons. The molecule has 0 aliphatic heterocycles. The number of nitrogen functional groups attached to an aromatic ring is 1. The molecule has 4 heteroatoms. The fraction of sp³-hybridized carbons (Fsp3) is 0.188. The highest BCUT2D eigenvalue weighted by atomic mass is 35.5. The Labute approximate surface area is 123 Å². The summed E-state index contributed by atoms with van der Waals surface area (Å²) in [6.45, 7) is 0. The zero-order valence-corrected chi connectivity index (χ0v) is 11.9. The average molecular weight is 289 g/mol. The molecule has 0 aliphatic carbocycles. The fourth-order valence-corrected chi connectivity index (χ4v) is 2.14. The van der Waals surface area contributed by atoms with Gasteiger partial charge in [-0.3, -0.25) is 4.79 Å². The molecule has 0 saturated heterocycles. The van der Waals surface area contributed by atoms with Crippen LogP contribution in [0, 0.1) is 0 Å². The van der Waals surface area contributed by atoms with E-state index in [1.807, 2.05) is 18.2 Å². The van der Waals surface area contributed by atoms with Crippen molar-refractivity contribution < 1.29 is 4.79 Å². The van der Waals surface area contributed by atoms with Crippen LogP contribution < -0.4 is 11.1 Å². The first-order valence-electron chi connectivity index (χ1n) is 6.54. The summed E-state index contributed by atoms with van der Waals surface area (Å²) in [6.07, 6.45) is 2.17. The van der Waals surface area contributed by atoms with Crippen molar-refractivity contribution in [3.63, 3.8) is 0 Å². The SMILES string of the molecule is Nc1cc(Cl)ccc1NC(=O)CCCc1ccccc1. The third kappa shape index (κ3) is 4.28. The van der Waals surface area contributed by atoms with Crippen molar-refractivity contribution in [1.29, 1.82) is 0 Å². The molecular formula is C16H17ClN2O. The number of hydrogen-bond acceptors (Lipinski definition) is 2. The van der Waals surface area contributed by atoms with E-state index >= 15 is 0 Å². The van der Waals surface area contributed by atoms with E-state index in [1.54, 1.807) is 18.2 Å². The van der Waals surface area contributed by atoms with Crippen LogP contribution in [0.2, 0.25) is 5.02 Å². The molecule has 0 aromatic heterocycles. The minimum absolute atomic E-state index is 0.0325. The lowest BCUT2D eigenvalue weighted by Crippen LogP contribution is -2.12. The van der Waals surface area contributed by atoms with Crippen molar-refractivity contribution in [3.8, 4) is 0 Å². The number of halogens is 1. The van der Waals surface area contributed by atoms with Gasteiger partial charge < -0.3 is 11.1 Å². The molecule has 1 amide bonds. The molecule has 0 bridgehead atoms. The van der Waals surface area contributed by atoms with Gasteiger partial charge in [0.15, 0.2) is 0 Å². The molecule has 20 heavy (non-hydrogen) atoms. The van der Waals surface area contributed by atoms with Gasteiger partial charge in [0.25, 0.3) is 0 Å². The first-order valence-corrected chi connectivity index (χ1v) is 6.92. The topological polar surface area (TPSA) is 55.1 Å². The lowest BCUT2D eigenvalue weighted by atomic mass is 10.1. The third-order valence-corrected chi connectivity index (χ3v) is 3.23. The maximum Gasteiger partial charge on any atom is 0.224 e. The number of aryl methyl sites for hydroxylation is 1. The van der Waals surface area contributed by atoms with Crippen LogP contribution in [0.15, 0.2) is 48.5 Å². The van der Waals surface area contributed by atoms with E-state index in [0.29, 0.717) is 22.8 Å². The second-order valence-electron chi connectivity index (χ2n) is 4.62. The number of nitrogens with one attached hydrogen (secondary N) is 1. The smallest absolute Gasteiger partial charge is 0.224 e. The van der Waals surface area contributed by atoms with Crippen molar-refractivity contribution in [2.75, 3.05) is 11.1 Å². The maximum absolute atomic E-state index is 11.8. The molecule has 2 rings (SSSR count). The van der Waals surface area contributed by atoms with Crippen molar-refractivity contribution in [2.24, 2.45) is 0 Å². The van der Waals surface area contributed by atoms with Gasteiger partial charge in [-0.2, -0.15) is 0 Å². The van der Waals surface area contributed by atoms with Gasteiger partial charge in [-0.1, -0.05) is 41.9 Å². The molecule has 104 valence electrons. The van der Waals surface area contributed by atoms with Crippen LogP contribution in [0.1, 0.15) is 18.4 Å². The number of carbonyl (C=O) groups excluding carboxylic acids is 1. The predicted octanol–water partition coefficient (Wildman–Crippen LogP) is 3.88. The summed E-state index contributed by atoms with van der Waals surface area (Å²) in [5, 5.41) is 3.36. The minimum atomic E-state index is -0.0325. The number of carbonyl (C=O) groups is 1. The van der Waals surface area contributed by atoms with E-state index in [1.165, 1.54) is 5.56 Å². The minimum Gasteiger partial charge on any atom is -0.397 e. The number of amides is 1. The van der Waals surface area contributed by atoms with Crippen molar-refractivity contribution >= 4 is 28.9 Å². The van der Waals surface area contributed by atoms with Crippen LogP contribution in [0.3, 0.4) is 0 Å². The summed E-state index contributed by atoms with van der Waals surface area (Å²) in [7, 11) is 0. The fourth-order valence-electron chi connectivity index (χ4n) is 1.96. The van der Waals surface area contributed by atoms with Crippen LogP contribution in [-0.2, 0) is 11.2 Å². The third-order valence-electron chi connectivity index (χ3n) is 3.00. The Balaban J connectivity index is 1.81. The standard InChI is InChI=1S/C16H17ClN2O/c17-13-9-10-15(14(18)11-13)19-16(20)8-4-7-12-5-2-1-3-6-12/h1-3,5-6,9-11H,4,7-8,18H2,(H,19,20). The number of anilines is 2. The van der Waals surface area contributed by atoms with Gasteiger partial charge in [0.1, 0.15) is 0 Å². The largest absolute Gasteiger partial charge is 0.397 e. The Morgan fingerprint density at radius 3 is 2.60 bits per heavy atom. The number of nitrogens with two attached hydrogens (primary N) is 1. The van der Waals surface area contributed by atoms with Gasteiger partial charge >= 0.3 is 0 Å². The number of benzene rings is 2. The van der Waals surface area contributed by atoms with Gasteiger partial charge in [0.05, 0.1) is 11.4 Å². The van der Waals surface area contributed by atoms with Gasteiger partial charge in [0, 0.05) is 11.4 Å². The molecule has 0 atom stereocenters. The summed E-state index contributed by atoms with van der Waals surface area (Å²) >= 11 is 5.81. The highest BCUT2D eigenvalue weighted by Gasteiger charge is 2.05. The van der Waals surface area contributed by atoms with E-state index in [-0.39, 0.29) is 5.91 Å². The normalized spacial score (nSPS) is 10.2. The van der Waals surface area contributed by atoms with E-state index in [0.717, 1.165) is 12.8 Å². The number of rotatable bonds is 5. The van der Waals surface area contributed by atoms with E-state index in [2.05, 4.69) is 17.4 Å². The highest BCUT2D eigenvalue weighted by Crippen LogP contribution is 2.22. The van der Waals surface area contributed by atoms with Gasteiger partial charge in [-0.05, 0) is 36.6 Å². The van der Waals surface area contributed by atoms with Crippen LogP contribution in [0.25, 0.3) is 0 Å². The Morgan fingerprint density at radius 2 is 1.90 bits per heavy atom. The van der Waals surface area contributed by atoms with Crippen molar-refractivity contribution in [1.82, 2.24) is 0 Å². The quantitative estimate of drug-likeness (QED) is 0.820. The van der Waals surface area contributed by atoms with Crippen LogP contribution in [0.5, 0.6) is 0 Å².